The summed E-state index contributed by atoms with van der Waals surface area (Å²) in [6, 6.07) is 16.1. The molecule has 3 aromatic rings. The summed E-state index contributed by atoms with van der Waals surface area (Å²) >= 11 is 0. The first kappa shape index (κ1) is 22.1. The average molecular weight is 446 g/mol. The predicted molar refractivity (Wildman–Crippen MR) is 122 cm³/mol. The van der Waals surface area contributed by atoms with Crippen molar-refractivity contribution in [2.45, 2.75) is 19.3 Å². The zero-order valence-corrected chi connectivity index (χ0v) is 17.9. The van der Waals surface area contributed by atoms with Gasteiger partial charge in [-0.1, -0.05) is 0 Å². The van der Waals surface area contributed by atoms with E-state index in [2.05, 4.69) is 11.0 Å². The van der Waals surface area contributed by atoms with Gasteiger partial charge in [-0.05, 0) is 73.9 Å². The smallest absolute Gasteiger partial charge is 0.323 e. The molecular formula is C25H23FN4O3. The van der Waals surface area contributed by atoms with Gasteiger partial charge in [-0.15, -0.1) is 0 Å². The predicted octanol–water partition coefficient (Wildman–Crippen LogP) is 4.21. The summed E-state index contributed by atoms with van der Waals surface area (Å²) in [5, 5.41) is 19.2. The normalized spacial score (nSPS) is 13.4. The number of hydrogen-bond acceptors (Lipinski definition) is 4. The van der Waals surface area contributed by atoms with Crippen LogP contribution in [0.4, 0.5) is 15.8 Å². The number of carboxylic acid groups (broad SMARTS) is 1. The molecule has 0 aliphatic carbocycles. The highest BCUT2D eigenvalue weighted by Crippen LogP contribution is 2.29. The Morgan fingerprint density at radius 3 is 2.45 bits per heavy atom. The maximum Gasteiger partial charge on any atom is 0.323 e. The van der Waals surface area contributed by atoms with Crippen molar-refractivity contribution >= 4 is 23.3 Å². The maximum atomic E-state index is 13.5. The van der Waals surface area contributed by atoms with Crippen LogP contribution in [0.1, 0.15) is 35.3 Å². The Morgan fingerprint density at radius 2 is 1.79 bits per heavy atom. The minimum Gasteiger partial charge on any atom is -0.480 e. The fourth-order valence-electron chi connectivity index (χ4n) is 4.13. The number of piperidine rings is 1. The van der Waals surface area contributed by atoms with Crippen LogP contribution >= 0.6 is 0 Å². The summed E-state index contributed by atoms with van der Waals surface area (Å²) in [5.74, 6) is -2.12. The van der Waals surface area contributed by atoms with E-state index in [9.17, 15) is 24.3 Å². The number of aromatic nitrogens is 1. The first-order chi connectivity index (χ1) is 16.0. The number of hydrogen-bond donors (Lipinski definition) is 1. The summed E-state index contributed by atoms with van der Waals surface area (Å²) in [5.41, 5.74) is 2.30. The SMILES string of the molecule is N#Cc1cc(N(CC(=O)O)C(=O)c2cccn2-c2ccc(F)cc2)ccc1N1CCCCC1. The quantitative estimate of drug-likeness (QED) is 0.613. The Morgan fingerprint density at radius 1 is 1.06 bits per heavy atom. The number of carbonyl (C=O) groups is 2. The van der Waals surface area contributed by atoms with Crippen LogP contribution in [0.25, 0.3) is 5.69 Å². The van der Waals surface area contributed by atoms with Crippen molar-refractivity contribution in [1.82, 2.24) is 4.57 Å². The molecule has 0 radical (unpaired) electrons. The van der Waals surface area contributed by atoms with Crippen molar-refractivity contribution in [2.75, 3.05) is 29.4 Å². The lowest BCUT2D eigenvalue weighted by molar-refractivity contribution is -0.135. The number of amides is 1. The van der Waals surface area contributed by atoms with Gasteiger partial charge in [0, 0.05) is 30.7 Å². The molecule has 4 rings (SSSR count). The lowest BCUT2D eigenvalue weighted by Gasteiger charge is -2.30. The maximum absolute atomic E-state index is 13.5. The first-order valence-corrected chi connectivity index (χ1v) is 10.7. The van der Waals surface area contributed by atoms with E-state index in [1.165, 1.54) is 24.3 Å². The number of aliphatic carboxylic acids is 1. The highest BCUT2D eigenvalue weighted by molar-refractivity contribution is 6.07. The average Bonchev–Trinajstić information content (AvgIpc) is 3.32. The first-order valence-electron chi connectivity index (χ1n) is 10.7. The van der Waals surface area contributed by atoms with Gasteiger partial charge in [0.15, 0.2) is 0 Å². The molecule has 1 aromatic heterocycles. The molecule has 8 heteroatoms. The molecule has 1 N–H and O–H groups in total. The lowest BCUT2D eigenvalue weighted by atomic mass is 10.1. The lowest BCUT2D eigenvalue weighted by Crippen LogP contribution is -2.37. The molecule has 0 atom stereocenters. The number of halogens is 1. The van der Waals surface area contributed by atoms with Crippen LogP contribution in [-0.2, 0) is 4.79 Å². The van der Waals surface area contributed by atoms with Gasteiger partial charge in [0.05, 0.1) is 11.3 Å². The standard InChI is InChI=1S/C25H23FN4O3/c26-19-6-8-20(9-7-19)29-14-4-5-23(29)25(33)30(17-24(31)32)21-10-11-22(18(15-21)16-27)28-12-2-1-3-13-28/h4-11,14-15H,1-3,12-13,17H2,(H,31,32). The van der Waals surface area contributed by atoms with Crippen molar-refractivity contribution in [3.63, 3.8) is 0 Å². The summed E-state index contributed by atoms with van der Waals surface area (Å²) < 4.78 is 14.9. The van der Waals surface area contributed by atoms with E-state index in [1.54, 1.807) is 41.1 Å². The summed E-state index contributed by atoms with van der Waals surface area (Å²) in [6.45, 7) is 1.15. The van der Waals surface area contributed by atoms with Gasteiger partial charge in [-0.2, -0.15) is 5.26 Å². The molecule has 168 valence electrons. The van der Waals surface area contributed by atoms with Crippen LogP contribution in [0.3, 0.4) is 0 Å². The molecule has 0 saturated carbocycles. The van der Waals surface area contributed by atoms with E-state index < -0.39 is 24.2 Å². The number of anilines is 2. The second-order valence-electron chi connectivity index (χ2n) is 7.89. The molecule has 7 nitrogen and oxygen atoms in total. The van der Waals surface area contributed by atoms with Gasteiger partial charge in [0.1, 0.15) is 24.1 Å². The largest absolute Gasteiger partial charge is 0.480 e. The Labute approximate surface area is 190 Å². The second-order valence-corrected chi connectivity index (χ2v) is 7.89. The minimum absolute atomic E-state index is 0.224. The van der Waals surface area contributed by atoms with Crippen LogP contribution < -0.4 is 9.80 Å². The highest BCUT2D eigenvalue weighted by atomic mass is 19.1. The number of nitriles is 1. The third-order valence-corrected chi connectivity index (χ3v) is 5.72. The molecule has 0 bridgehead atoms. The summed E-state index contributed by atoms with van der Waals surface area (Å²) in [7, 11) is 0. The van der Waals surface area contributed by atoms with Crippen LogP contribution in [-0.4, -0.2) is 41.2 Å². The Kier molecular flexibility index (Phi) is 6.41. The molecule has 1 amide bonds. The summed E-state index contributed by atoms with van der Waals surface area (Å²) in [4.78, 5) is 28.4. The van der Waals surface area contributed by atoms with Gasteiger partial charge >= 0.3 is 5.97 Å². The van der Waals surface area contributed by atoms with E-state index in [4.69, 9.17) is 0 Å². The van der Waals surface area contributed by atoms with Gasteiger partial charge in [0.2, 0.25) is 0 Å². The molecule has 1 aliphatic rings. The molecule has 2 heterocycles. The van der Waals surface area contributed by atoms with Crippen molar-refractivity contribution in [1.29, 1.82) is 5.26 Å². The minimum atomic E-state index is -1.18. The zero-order valence-electron chi connectivity index (χ0n) is 17.9. The van der Waals surface area contributed by atoms with E-state index >= 15 is 0 Å². The molecule has 2 aromatic carbocycles. The van der Waals surface area contributed by atoms with Gasteiger partial charge in [0.25, 0.3) is 5.91 Å². The number of carboxylic acids is 1. The van der Waals surface area contributed by atoms with Crippen molar-refractivity contribution in [2.24, 2.45) is 0 Å². The van der Waals surface area contributed by atoms with Crippen LogP contribution in [0.15, 0.2) is 60.8 Å². The monoisotopic (exact) mass is 446 g/mol. The molecule has 1 aliphatic heterocycles. The third-order valence-electron chi connectivity index (χ3n) is 5.72. The number of carbonyl (C=O) groups excluding carboxylic acids is 1. The van der Waals surface area contributed by atoms with Gasteiger partial charge in [-0.3, -0.25) is 14.5 Å². The van der Waals surface area contributed by atoms with Crippen molar-refractivity contribution in [3.05, 3.63) is 77.9 Å². The van der Waals surface area contributed by atoms with Crippen LogP contribution in [0, 0.1) is 17.1 Å². The molecule has 0 unspecified atom stereocenters. The van der Waals surface area contributed by atoms with Gasteiger partial charge in [-0.25, -0.2) is 4.39 Å². The van der Waals surface area contributed by atoms with Crippen molar-refractivity contribution in [3.8, 4) is 11.8 Å². The Hall–Kier alpha value is -4.12. The van der Waals surface area contributed by atoms with E-state index in [-0.39, 0.29) is 5.69 Å². The van der Waals surface area contributed by atoms with Crippen molar-refractivity contribution < 1.29 is 19.1 Å². The molecule has 1 saturated heterocycles. The fraction of sp³-hybridized carbons (Fsp3) is 0.240. The molecule has 33 heavy (non-hydrogen) atoms. The van der Waals surface area contributed by atoms with E-state index in [0.29, 0.717) is 16.9 Å². The number of nitrogens with zero attached hydrogens (tertiary/aromatic N) is 4. The van der Waals surface area contributed by atoms with Crippen LogP contribution in [0.5, 0.6) is 0 Å². The highest BCUT2D eigenvalue weighted by Gasteiger charge is 2.25. The zero-order chi connectivity index (χ0) is 23.4. The van der Waals surface area contributed by atoms with E-state index in [1.807, 2.05) is 0 Å². The topological polar surface area (TPSA) is 89.6 Å². The van der Waals surface area contributed by atoms with Crippen LogP contribution in [0.2, 0.25) is 0 Å². The molecule has 0 spiro atoms. The number of benzene rings is 2. The molecule has 1 fully saturated rings. The van der Waals surface area contributed by atoms with E-state index in [0.717, 1.165) is 42.9 Å². The van der Waals surface area contributed by atoms with Gasteiger partial charge < -0.3 is 14.6 Å². The second kappa shape index (κ2) is 9.57. The third kappa shape index (κ3) is 4.72. The Bertz CT molecular complexity index is 1210. The number of rotatable bonds is 6. The fourth-order valence-corrected chi connectivity index (χ4v) is 4.13. The molecular weight excluding hydrogens is 423 g/mol. The summed E-state index contributed by atoms with van der Waals surface area (Å²) in [6.07, 6.45) is 4.91. The Balaban J connectivity index is 1.70.